The van der Waals surface area contributed by atoms with Gasteiger partial charge in [0.2, 0.25) is 5.76 Å². The molecule has 0 saturated carbocycles. The van der Waals surface area contributed by atoms with Crippen molar-refractivity contribution in [1.29, 1.82) is 0 Å². The Morgan fingerprint density at radius 1 is 1.56 bits per heavy atom. The Labute approximate surface area is 94.9 Å². The van der Waals surface area contributed by atoms with Gasteiger partial charge in [0.15, 0.2) is 5.88 Å². The van der Waals surface area contributed by atoms with Gasteiger partial charge in [0.25, 0.3) is 0 Å². The third kappa shape index (κ3) is 2.05. The van der Waals surface area contributed by atoms with Gasteiger partial charge in [-0.05, 0) is 24.3 Å². The largest absolute Gasteiger partial charge is 0.475 e. The molecule has 1 aliphatic heterocycles. The molecular formula is C12H17NO3. The predicted octanol–water partition coefficient (Wildman–Crippen LogP) is 2.46. The molecule has 16 heavy (non-hydrogen) atoms. The Bertz CT molecular complexity index is 383. The number of carbonyl (C=O) groups is 1. The van der Waals surface area contributed by atoms with Crippen LogP contribution in [0.25, 0.3) is 0 Å². The van der Waals surface area contributed by atoms with Crippen LogP contribution < -0.4 is 4.90 Å². The molecule has 1 unspecified atom stereocenters. The minimum Gasteiger partial charge on any atom is -0.475 e. The van der Waals surface area contributed by atoms with Crippen molar-refractivity contribution >= 4 is 11.9 Å². The first-order chi connectivity index (χ1) is 7.58. The Balaban J connectivity index is 2.06. The first-order valence-electron chi connectivity index (χ1n) is 5.66. The second-order valence-corrected chi connectivity index (χ2v) is 4.68. The van der Waals surface area contributed by atoms with Crippen LogP contribution in [0.4, 0.5) is 5.88 Å². The molecule has 1 N–H and O–H groups in total. The fraction of sp³-hybridized carbons (Fsp3) is 0.583. The first kappa shape index (κ1) is 11.0. The highest BCUT2D eigenvalue weighted by Crippen LogP contribution is 2.29. The van der Waals surface area contributed by atoms with Gasteiger partial charge < -0.3 is 14.4 Å². The molecule has 0 aromatic carbocycles. The van der Waals surface area contributed by atoms with Crippen molar-refractivity contribution in [3.05, 3.63) is 17.9 Å². The normalized spacial score (nSPS) is 20.7. The second-order valence-electron chi connectivity index (χ2n) is 4.68. The summed E-state index contributed by atoms with van der Waals surface area (Å²) in [4.78, 5) is 12.8. The van der Waals surface area contributed by atoms with Gasteiger partial charge >= 0.3 is 5.97 Å². The van der Waals surface area contributed by atoms with Gasteiger partial charge in [0, 0.05) is 19.2 Å². The number of furan rings is 1. The summed E-state index contributed by atoms with van der Waals surface area (Å²) in [7, 11) is 0. The third-order valence-corrected chi connectivity index (χ3v) is 3.28. The van der Waals surface area contributed by atoms with E-state index in [0.29, 0.717) is 17.7 Å². The summed E-state index contributed by atoms with van der Waals surface area (Å²) < 4.78 is 5.28. The average Bonchev–Trinajstić information content (AvgIpc) is 2.86. The zero-order chi connectivity index (χ0) is 11.7. The van der Waals surface area contributed by atoms with Crippen LogP contribution >= 0.6 is 0 Å². The van der Waals surface area contributed by atoms with E-state index in [0.717, 1.165) is 19.5 Å². The van der Waals surface area contributed by atoms with E-state index < -0.39 is 5.97 Å². The molecule has 0 spiro atoms. The van der Waals surface area contributed by atoms with Crippen LogP contribution in [0.3, 0.4) is 0 Å². The van der Waals surface area contributed by atoms with Crippen LogP contribution in [0, 0.1) is 11.8 Å². The molecule has 1 saturated heterocycles. The number of nitrogens with zero attached hydrogens (tertiary/aromatic N) is 1. The number of hydrogen-bond acceptors (Lipinski definition) is 3. The van der Waals surface area contributed by atoms with E-state index in [2.05, 4.69) is 18.7 Å². The zero-order valence-electron chi connectivity index (χ0n) is 9.64. The van der Waals surface area contributed by atoms with Gasteiger partial charge in [-0.1, -0.05) is 13.8 Å². The molecular weight excluding hydrogens is 206 g/mol. The van der Waals surface area contributed by atoms with Crippen LogP contribution in [-0.2, 0) is 0 Å². The summed E-state index contributed by atoms with van der Waals surface area (Å²) in [6.45, 7) is 6.36. The Morgan fingerprint density at radius 2 is 2.31 bits per heavy atom. The lowest BCUT2D eigenvalue weighted by molar-refractivity contribution is 0.0663. The van der Waals surface area contributed by atoms with Crippen molar-refractivity contribution in [3.63, 3.8) is 0 Å². The van der Waals surface area contributed by atoms with Crippen LogP contribution in [0.1, 0.15) is 30.8 Å². The number of aromatic carboxylic acids is 1. The maximum absolute atomic E-state index is 10.7. The summed E-state index contributed by atoms with van der Waals surface area (Å²) in [6, 6.07) is 3.26. The fourth-order valence-corrected chi connectivity index (χ4v) is 2.14. The van der Waals surface area contributed by atoms with Crippen LogP contribution in [0.15, 0.2) is 16.5 Å². The fourth-order valence-electron chi connectivity index (χ4n) is 2.14. The van der Waals surface area contributed by atoms with Crippen LogP contribution in [0.5, 0.6) is 0 Å². The maximum atomic E-state index is 10.7. The summed E-state index contributed by atoms with van der Waals surface area (Å²) in [6.07, 6.45) is 1.15. The molecule has 4 heteroatoms. The average molecular weight is 223 g/mol. The highest BCUT2D eigenvalue weighted by molar-refractivity contribution is 5.84. The maximum Gasteiger partial charge on any atom is 0.371 e. The number of carboxylic acids is 1. The van der Waals surface area contributed by atoms with E-state index in [9.17, 15) is 4.79 Å². The molecule has 88 valence electrons. The van der Waals surface area contributed by atoms with Gasteiger partial charge in [0.1, 0.15) is 0 Å². The molecule has 1 aromatic heterocycles. The molecule has 1 aromatic rings. The summed E-state index contributed by atoms with van der Waals surface area (Å²) in [5, 5.41) is 8.77. The molecule has 0 radical (unpaired) electrons. The SMILES string of the molecule is CC(C)C1CCN(c2ccc(C(=O)O)o2)C1. The number of anilines is 1. The molecule has 0 bridgehead atoms. The molecule has 0 amide bonds. The summed E-state index contributed by atoms with van der Waals surface area (Å²) in [5.74, 6) is 1.03. The van der Waals surface area contributed by atoms with E-state index in [-0.39, 0.29) is 5.76 Å². The highest BCUT2D eigenvalue weighted by Gasteiger charge is 2.27. The van der Waals surface area contributed by atoms with Crippen LogP contribution in [-0.4, -0.2) is 24.2 Å². The smallest absolute Gasteiger partial charge is 0.371 e. The molecule has 2 heterocycles. The van der Waals surface area contributed by atoms with Crippen molar-refractivity contribution < 1.29 is 14.3 Å². The lowest BCUT2D eigenvalue weighted by atomic mass is 9.95. The Kier molecular flexibility index (Phi) is 2.90. The van der Waals surface area contributed by atoms with Gasteiger partial charge in [0.05, 0.1) is 0 Å². The van der Waals surface area contributed by atoms with Crippen molar-refractivity contribution in [2.75, 3.05) is 18.0 Å². The summed E-state index contributed by atoms with van der Waals surface area (Å²) >= 11 is 0. The standard InChI is InChI=1S/C12H17NO3/c1-8(2)9-5-6-13(7-9)11-4-3-10(16-11)12(14)15/h3-4,8-9H,5-7H2,1-2H3,(H,14,15). The molecule has 4 nitrogen and oxygen atoms in total. The van der Waals surface area contributed by atoms with E-state index in [1.807, 2.05) is 0 Å². The minimum absolute atomic E-state index is 0.0167. The zero-order valence-corrected chi connectivity index (χ0v) is 9.64. The van der Waals surface area contributed by atoms with Gasteiger partial charge in [-0.2, -0.15) is 0 Å². The molecule has 1 fully saturated rings. The second kappa shape index (κ2) is 4.20. The Hall–Kier alpha value is -1.45. The molecule has 2 rings (SSSR count). The van der Waals surface area contributed by atoms with E-state index in [1.54, 1.807) is 6.07 Å². The number of rotatable bonds is 3. The first-order valence-corrected chi connectivity index (χ1v) is 5.66. The quantitative estimate of drug-likeness (QED) is 0.855. The number of carboxylic acid groups (broad SMARTS) is 1. The number of hydrogen-bond donors (Lipinski definition) is 1. The van der Waals surface area contributed by atoms with E-state index in [4.69, 9.17) is 9.52 Å². The lowest BCUT2D eigenvalue weighted by Crippen LogP contribution is -2.20. The third-order valence-electron chi connectivity index (χ3n) is 3.28. The van der Waals surface area contributed by atoms with Crippen molar-refractivity contribution in [2.45, 2.75) is 20.3 Å². The minimum atomic E-state index is -1.01. The van der Waals surface area contributed by atoms with E-state index in [1.165, 1.54) is 6.07 Å². The van der Waals surface area contributed by atoms with Crippen molar-refractivity contribution in [2.24, 2.45) is 11.8 Å². The highest BCUT2D eigenvalue weighted by atomic mass is 16.4. The summed E-state index contributed by atoms with van der Waals surface area (Å²) in [5.41, 5.74) is 0. The van der Waals surface area contributed by atoms with Crippen molar-refractivity contribution in [1.82, 2.24) is 0 Å². The van der Waals surface area contributed by atoms with Crippen molar-refractivity contribution in [3.8, 4) is 0 Å². The topological polar surface area (TPSA) is 53.7 Å². The predicted molar refractivity (Wildman–Crippen MR) is 60.8 cm³/mol. The Morgan fingerprint density at radius 3 is 2.81 bits per heavy atom. The van der Waals surface area contributed by atoms with Crippen LogP contribution in [0.2, 0.25) is 0 Å². The molecule has 1 aliphatic rings. The van der Waals surface area contributed by atoms with Gasteiger partial charge in [-0.15, -0.1) is 0 Å². The van der Waals surface area contributed by atoms with Gasteiger partial charge in [-0.3, -0.25) is 0 Å². The molecule has 1 atom stereocenters. The van der Waals surface area contributed by atoms with E-state index >= 15 is 0 Å². The van der Waals surface area contributed by atoms with Gasteiger partial charge in [-0.25, -0.2) is 4.79 Å². The lowest BCUT2D eigenvalue weighted by Gasteiger charge is -2.16. The molecule has 0 aliphatic carbocycles. The monoisotopic (exact) mass is 223 g/mol.